The van der Waals surface area contributed by atoms with Gasteiger partial charge in [-0.15, -0.1) is 0 Å². The molecule has 0 bridgehead atoms. The summed E-state index contributed by atoms with van der Waals surface area (Å²) in [6.07, 6.45) is 5.94. The second-order valence-corrected chi connectivity index (χ2v) is 5.30. The van der Waals surface area contributed by atoms with Crippen molar-refractivity contribution in [1.29, 1.82) is 0 Å². The van der Waals surface area contributed by atoms with Gasteiger partial charge in [0.25, 0.3) is 0 Å². The van der Waals surface area contributed by atoms with E-state index in [-0.39, 0.29) is 0 Å². The third-order valence-corrected chi connectivity index (χ3v) is 5.37. The van der Waals surface area contributed by atoms with E-state index in [0.717, 1.165) is 17.4 Å². The van der Waals surface area contributed by atoms with E-state index in [1.807, 2.05) is 0 Å². The standard InChI is InChI=1S/C9H20Si/c1-3-4-8-6-5-7(2)9(8)10/h7-9H,3-6H2,1-2,10H3. The Balaban J connectivity index is 2.33. The lowest BCUT2D eigenvalue weighted by Gasteiger charge is -2.16. The van der Waals surface area contributed by atoms with Crippen molar-refractivity contribution in [2.45, 2.75) is 45.1 Å². The lowest BCUT2D eigenvalue weighted by atomic mass is 10.0. The molecule has 0 N–H and O–H groups in total. The summed E-state index contributed by atoms with van der Waals surface area (Å²) in [7, 11) is 1.43. The summed E-state index contributed by atoms with van der Waals surface area (Å²) < 4.78 is 0. The Hall–Kier alpha value is 0.217. The van der Waals surface area contributed by atoms with Crippen molar-refractivity contribution in [2.24, 2.45) is 11.8 Å². The predicted molar refractivity (Wildman–Crippen MR) is 50.5 cm³/mol. The second kappa shape index (κ2) is 3.56. The van der Waals surface area contributed by atoms with Gasteiger partial charge in [0.1, 0.15) is 0 Å². The van der Waals surface area contributed by atoms with Crippen LogP contribution in [0.15, 0.2) is 0 Å². The first-order valence-electron chi connectivity index (χ1n) is 4.75. The Morgan fingerprint density at radius 1 is 1.40 bits per heavy atom. The monoisotopic (exact) mass is 156 g/mol. The van der Waals surface area contributed by atoms with Gasteiger partial charge in [-0.05, 0) is 17.4 Å². The molecule has 1 rings (SSSR count). The van der Waals surface area contributed by atoms with Gasteiger partial charge in [-0.2, -0.15) is 0 Å². The lowest BCUT2D eigenvalue weighted by molar-refractivity contribution is 0.474. The molecule has 0 nitrogen and oxygen atoms in total. The highest BCUT2D eigenvalue weighted by molar-refractivity contribution is 6.12. The van der Waals surface area contributed by atoms with Crippen LogP contribution < -0.4 is 0 Å². The van der Waals surface area contributed by atoms with E-state index in [0.29, 0.717) is 0 Å². The van der Waals surface area contributed by atoms with Crippen LogP contribution in [-0.2, 0) is 0 Å². The molecular formula is C9H20Si. The van der Waals surface area contributed by atoms with Crippen molar-refractivity contribution in [3.05, 3.63) is 0 Å². The Morgan fingerprint density at radius 2 is 2.10 bits per heavy atom. The lowest BCUT2D eigenvalue weighted by Crippen LogP contribution is -2.05. The van der Waals surface area contributed by atoms with Crippen molar-refractivity contribution >= 4 is 10.2 Å². The van der Waals surface area contributed by atoms with Gasteiger partial charge < -0.3 is 0 Å². The maximum absolute atomic E-state index is 2.44. The number of rotatable bonds is 2. The smallest absolute Gasteiger partial charge is 0.00742 e. The van der Waals surface area contributed by atoms with Crippen molar-refractivity contribution in [3.8, 4) is 0 Å². The molecule has 0 amide bonds. The normalized spacial score (nSPS) is 40.8. The maximum Gasteiger partial charge on any atom is 0.00742 e. The van der Waals surface area contributed by atoms with Gasteiger partial charge in [-0.1, -0.05) is 39.5 Å². The average molecular weight is 156 g/mol. The zero-order valence-corrected chi connectivity index (χ0v) is 9.56. The average Bonchev–Trinajstić information content (AvgIpc) is 2.20. The molecule has 0 heterocycles. The first-order chi connectivity index (χ1) is 4.75. The Morgan fingerprint density at radius 3 is 2.50 bits per heavy atom. The van der Waals surface area contributed by atoms with E-state index in [2.05, 4.69) is 13.8 Å². The predicted octanol–water partition coefficient (Wildman–Crippen LogP) is 1.99. The molecule has 0 spiro atoms. The molecule has 1 aliphatic carbocycles. The molecule has 1 fully saturated rings. The summed E-state index contributed by atoms with van der Waals surface area (Å²) in [4.78, 5) is 0. The van der Waals surface area contributed by atoms with E-state index < -0.39 is 0 Å². The summed E-state index contributed by atoms with van der Waals surface area (Å²) in [6.45, 7) is 4.75. The molecule has 0 aromatic heterocycles. The molecule has 1 saturated carbocycles. The summed E-state index contributed by atoms with van der Waals surface area (Å²) >= 11 is 0. The summed E-state index contributed by atoms with van der Waals surface area (Å²) in [6, 6.07) is 0. The molecule has 0 saturated heterocycles. The second-order valence-electron chi connectivity index (χ2n) is 3.96. The molecule has 0 aromatic rings. The van der Waals surface area contributed by atoms with Gasteiger partial charge in [0.2, 0.25) is 0 Å². The largest absolute Gasteiger partial charge is 0.0654 e. The number of hydrogen-bond donors (Lipinski definition) is 0. The van der Waals surface area contributed by atoms with Gasteiger partial charge in [-0.25, -0.2) is 0 Å². The van der Waals surface area contributed by atoms with Gasteiger partial charge in [0.05, 0.1) is 0 Å². The molecule has 0 aliphatic heterocycles. The summed E-state index contributed by atoms with van der Waals surface area (Å²) in [5, 5.41) is 0. The van der Waals surface area contributed by atoms with Gasteiger partial charge >= 0.3 is 0 Å². The molecule has 3 atom stereocenters. The summed E-state index contributed by atoms with van der Waals surface area (Å²) in [5.74, 6) is 2.18. The van der Waals surface area contributed by atoms with Crippen LogP contribution in [0, 0.1) is 11.8 Å². The minimum Gasteiger partial charge on any atom is -0.0654 e. The third-order valence-electron chi connectivity index (χ3n) is 3.29. The fraction of sp³-hybridized carbons (Fsp3) is 1.00. The van der Waals surface area contributed by atoms with E-state index in [4.69, 9.17) is 0 Å². The molecular weight excluding hydrogens is 136 g/mol. The van der Waals surface area contributed by atoms with E-state index in [1.54, 1.807) is 0 Å². The van der Waals surface area contributed by atoms with Crippen LogP contribution in [0.3, 0.4) is 0 Å². The Labute approximate surface area is 67.8 Å². The van der Waals surface area contributed by atoms with Gasteiger partial charge in [0.15, 0.2) is 0 Å². The SMILES string of the molecule is CCCC1CCC(C)C1[SiH3]. The molecule has 10 heavy (non-hydrogen) atoms. The van der Waals surface area contributed by atoms with Crippen molar-refractivity contribution < 1.29 is 0 Å². The zero-order chi connectivity index (χ0) is 7.56. The van der Waals surface area contributed by atoms with Crippen molar-refractivity contribution in [2.75, 3.05) is 0 Å². The number of hydrogen-bond acceptors (Lipinski definition) is 0. The van der Waals surface area contributed by atoms with Gasteiger partial charge in [-0.3, -0.25) is 0 Å². The molecule has 0 radical (unpaired) electrons. The van der Waals surface area contributed by atoms with Crippen molar-refractivity contribution in [1.82, 2.24) is 0 Å². The van der Waals surface area contributed by atoms with Crippen LogP contribution in [0.5, 0.6) is 0 Å². The highest BCUT2D eigenvalue weighted by Crippen LogP contribution is 2.41. The minimum atomic E-state index is 1.06. The van der Waals surface area contributed by atoms with Crippen LogP contribution in [0.2, 0.25) is 5.54 Å². The quantitative estimate of drug-likeness (QED) is 0.536. The summed E-state index contributed by atoms with van der Waals surface area (Å²) in [5.41, 5.74) is 1.14. The van der Waals surface area contributed by atoms with E-state index in [9.17, 15) is 0 Å². The maximum atomic E-state index is 2.44. The molecule has 3 unspecified atom stereocenters. The first-order valence-corrected chi connectivity index (χ1v) is 5.91. The topological polar surface area (TPSA) is 0 Å². The van der Waals surface area contributed by atoms with Crippen molar-refractivity contribution in [3.63, 3.8) is 0 Å². The Kier molecular flexibility index (Phi) is 2.96. The Bertz CT molecular complexity index is 98.9. The van der Waals surface area contributed by atoms with Gasteiger partial charge in [0, 0.05) is 10.2 Å². The fourth-order valence-electron chi connectivity index (χ4n) is 2.25. The minimum absolute atomic E-state index is 1.06. The zero-order valence-electron chi connectivity index (χ0n) is 7.56. The molecule has 1 aliphatic rings. The van der Waals surface area contributed by atoms with Crippen LogP contribution in [0.1, 0.15) is 39.5 Å². The highest BCUT2D eigenvalue weighted by atomic mass is 28.1. The highest BCUT2D eigenvalue weighted by Gasteiger charge is 2.28. The molecule has 1 heteroatoms. The van der Waals surface area contributed by atoms with E-state index in [1.165, 1.54) is 35.9 Å². The van der Waals surface area contributed by atoms with E-state index >= 15 is 0 Å². The van der Waals surface area contributed by atoms with Crippen LogP contribution in [0.4, 0.5) is 0 Å². The fourth-order valence-corrected chi connectivity index (χ4v) is 3.25. The first kappa shape index (κ1) is 8.31. The molecule has 60 valence electrons. The molecule has 0 aromatic carbocycles. The third kappa shape index (κ3) is 1.63. The van der Waals surface area contributed by atoms with Crippen LogP contribution >= 0.6 is 0 Å². The van der Waals surface area contributed by atoms with Crippen LogP contribution in [-0.4, -0.2) is 10.2 Å². The van der Waals surface area contributed by atoms with Crippen LogP contribution in [0.25, 0.3) is 0 Å².